The smallest absolute Gasteiger partial charge is 0.740 e. The van der Waals surface area contributed by atoms with Crippen molar-refractivity contribution in [2.75, 3.05) is 0 Å². The molecule has 2 aromatic rings. The molecule has 0 radical (unpaired) electrons. The minimum absolute atomic E-state index is 0. The van der Waals surface area contributed by atoms with Crippen LogP contribution >= 0.6 is 11.6 Å². The van der Waals surface area contributed by atoms with Crippen LogP contribution in [0.1, 0.15) is 30.4 Å². The second-order valence-corrected chi connectivity index (χ2v) is 8.20. The van der Waals surface area contributed by atoms with Crippen molar-refractivity contribution in [3.8, 4) is 5.75 Å². The van der Waals surface area contributed by atoms with Gasteiger partial charge in [0.15, 0.2) is 17.5 Å². The Kier molecular flexibility index (Phi) is 9.33. The summed E-state index contributed by atoms with van der Waals surface area (Å²) in [6.45, 7) is -0.524. The fraction of sp³-hybridized carbons (Fsp3) is 0.217. The first kappa shape index (κ1) is 26.6. The van der Waals surface area contributed by atoms with E-state index in [2.05, 4.69) is 4.81 Å². The van der Waals surface area contributed by atoms with Crippen LogP contribution in [0.5, 0.6) is 5.75 Å². The van der Waals surface area contributed by atoms with Crippen molar-refractivity contribution in [3.63, 3.8) is 0 Å². The molecule has 0 saturated carbocycles. The predicted octanol–water partition coefficient (Wildman–Crippen LogP) is 1.88. The number of hydrogen-bond acceptors (Lipinski definition) is 4. The van der Waals surface area contributed by atoms with Crippen molar-refractivity contribution in [3.05, 3.63) is 92.8 Å². The molecule has 0 aromatic heterocycles. The second-order valence-electron chi connectivity index (χ2n) is 7.77. The van der Waals surface area contributed by atoms with Crippen LogP contribution in [0.15, 0.2) is 59.2 Å². The van der Waals surface area contributed by atoms with Crippen molar-refractivity contribution in [1.29, 1.82) is 0 Å². The Hall–Kier alpha value is -1.04. The van der Waals surface area contributed by atoms with Crippen molar-refractivity contribution in [2.24, 2.45) is 5.73 Å². The summed E-state index contributed by atoms with van der Waals surface area (Å²) in [6, 6.07) is 6.90. The third-order valence-corrected chi connectivity index (χ3v) is 5.77. The third kappa shape index (κ3) is 6.35. The van der Waals surface area contributed by atoms with Crippen molar-refractivity contribution < 1.29 is 79.4 Å². The molecule has 1 heterocycles. The van der Waals surface area contributed by atoms with Crippen LogP contribution in [0.2, 0.25) is 11.3 Å². The van der Waals surface area contributed by atoms with Gasteiger partial charge in [-0.05, 0) is 78.7 Å². The quantitative estimate of drug-likeness (QED) is 0.273. The monoisotopic (exact) mass is 499 g/mol. The minimum Gasteiger partial charge on any atom is -0.740 e. The first-order valence-corrected chi connectivity index (χ1v) is 10.5. The Morgan fingerprint density at radius 3 is 2.55 bits per heavy atom. The summed E-state index contributed by atoms with van der Waals surface area (Å²) >= 11 is 6.22. The van der Waals surface area contributed by atoms with E-state index in [4.69, 9.17) is 22.1 Å². The molecule has 0 amide bonds. The molecule has 1 aliphatic carbocycles. The molecule has 2 aromatic carbocycles. The molecule has 1 saturated heterocycles. The molecule has 0 spiro atoms. The van der Waals surface area contributed by atoms with E-state index in [0.29, 0.717) is 22.8 Å². The topological polar surface area (TPSA) is 67.5 Å². The van der Waals surface area contributed by atoms with Gasteiger partial charge in [-0.1, -0.05) is 23.1 Å². The summed E-state index contributed by atoms with van der Waals surface area (Å²) in [5.41, 5.74) is 10.6. The van der Waals surface area contributed by atoms with E-state index in [0.717, 1.165) is 53.6 Å². The summed E-state index contributed by atoms with van der Waals surface area (Å²) in [4.78, 5) is 4.04. The van der Waals surface area contributed by atoms with E-state index in [-0.39, 0.29) is 70.5 Å². The van der Waals surface area contributed by atoms with Gasteiger partial charge in [0.25, 0.3) is 0 Å². The molecule has 4 rings (SSSR count). The Morgan fingerprint density at radius 2 is 1.88 bits per heavy atom. The standard InChI is InChI=1S/C23H20BClF3NO3.K/c25-15-5-7-22(31-12-13-8-19(26)23(28)20(27)9-13)18(10-15)16-2-1-3-17(16)21(29)6-4-14-11-24(14)32-30;/h4-10,30H,1-3,11-12,29H2;/q;+1/p-1/b14-4+,21-6-;. The van der Waals surface area contributed by atoms with Gasteiger partial charge in [-0.15, -0.1) is 0 Å². The molecular formula is C23H19BClF3KNO3. The maximum atomic E-state index is 13.5. The number of rotatable bonds is 7. The summed E-state index contributed by atoms with van der Waals surface area (Å²) in [6.07, 6.45) is 6.59. The zero-order chi connectivity index (χ0) is 22.8. The Morgan fingerprint density at radius 1 is 1.15 bits per heavy atom. The predicted molar refractivity (Wildman–Crippen MR) is 115 cm³/mol. The summed E-state index contributed by atoms with van der Waals surface area (Å²) in [5.74, 6) is -3.58. The number of hydrogen-bond donors (Lipinski definition) is 1. The van der Waals surface area contributed by atoms with Gasteiger partial charge in [-0.2, -0.15) is 0 Å². The molecule has 33 heavy (non-hydrogen) atoms. The molecule has 2 N–H and O–H groups in total. The maximum absolute atomic E-state index is 13.5. The van der Waals surface area contributed by atoms with E-state index in [1.54, 1.807) is 30.4 Å². The maximum Gasteiger partial charge on any atom is 1.00 e. The molecule has 0 atom stereocenters. The first-order chi connectivity index (χ1) is 15.4. The van der Waals surface area contributed by atoms with Crippen LogP contribution in [0.3, 0.4) is 0 Å². The Balaban J connectivity index is 0.00000306. The summed E-state index contributed by atoms with van der Waals surface area (Å²) in [7, 11) is 0. The molecule has 0 unspecified atom stereocenters. The normalized spacial score (nSPS) is 16.9. The van der Waals surface area contributed by atoms with E-state index in [1.165, 1.54) is 0 Å². The summed E-state index contributed by atoms with van der Waals surface area (Å²) in [5, 5.41) is 10.9. The van der Waals surface area contributed by atoms with Crippen LogP contribution in [0.25, 0.3) is 5.57 Å². The van der Waals surface area contributed by atoms with Gasteiger partial charge < -0.3 is 20.5 Å². The average Bonchev–Trinajstić information content (AvgIpc) is 3.37. The van der Waals surface area contributed by atoms with Crippen LogP contribution in [0, 0.1) is 17.5 Å². The van der Waals surface area contributed by atoms with Crippen molar-refractivity contribution in [2.45, 2.75) is 32.2 Å². The molecule has 10 heteroatoms. The second kappa shape index (κ2) is 11.6. The fourth-order valence-corrected chi connectivity index (χ4v) is 3.97. The van der Waals surface area contributed by atoms with Gasteiger partial charge in [0.2, 0.25) is 0 Å². The van der Waals surface area contributed by atoms with E-state index in [1.807, 2.05) is 0 Å². The number of nitrogens with two attached hydrogens (primary N) is 1. The molecule has 0 bridgehead atoms. The van der Waals surface area contributed by atoms with Crippen LogP contribution in [0.4, 0.5) is 13.2 Å². The van der Waals surface area contributed by atoms with E-state index >= 15 is 0 Å². The zero-order valence-electron chi connectivity index (χ0n) is 18.0. The molecule has 1 fully saturated rings. The van der Waals surface area contributed by atoms with Crippen LogP contribution < -0.4 is 67.1 Å². The first-order valence-electron chi connectivity index (χ1n) is 10.1. The number of benzene rings is 2. The minimum atomic E-state index is -1.52. The number of ether oxygens (including phenoxy) is 1. The molecule has 166 valence electrons. The number of allylic oxidation sites excluding steroid dienone is 5. The van der Waals surface area contributed by atoms with Crippen molar-refractivity contribution >= 4 is 24.1 Å². The molecule has 4 nitrogen and oxygen atoms in total. The van der Waals surface area contributed by atoms with Crippen LogP contribution in [-0.2, 0) is 11.4 Å². The van der Waals surface area contributed by atoms with Crippen LogP contribution in [-0.4, -0.2) is 6.92 Å². The molecule has 1 aliphatic heterocycles. The van der Waals surface area contributed by atoms with Gasteiger partial charge in [0.1, 0.15) is 12.4 Å². The SMILES string of the molecule is N/C(=C\C=C1/CB1O[O-])C1=C(c2cc(Cl)ccc2OCc2cc(F)c(F)c(F)c2)CCC1.[K+]. The van der Waals surface area contributed by atoms with E-state index < -0.39 is 17.5 Å². The van der Waals surface area contributed by atoms with Gasteiger partial charge in [-0.3, -0.25) is 0 Å². The third-order valence-electron chi connectivity index (χ3n) is 5.54. The molecular weight excluding hydrogens is 481 g/mol. The summed E-state index contributed by atoms with van der Waals surface area (Å²) < 4.78 is 46.1. The van der Waals surface area contributed by atoms with Gasteiger partial charge in [-0.25, -0.2) is 13.2 Å². The largest absolute Gasteiger partial charge is 1.00 e. The molecule has 2 aliphatic rings. The zero-order valence-corrected chi connectivity index (χ0v) is 21.8. The van der Waals surface area contributed by atoms with Gasteiger partial charge in [0.05, 0.1) is 0 Å². The Labute approximate surface area is 237 Å². The average molecular weight is 500 g/mol. The number of halogens is 4. The Bertz CT molecular complexity index is 1130. The van der Waals surface area contributed by atoms with Gasteiger partial charge in [0, 0.05) is 16.3 Å². The van der Waals surface area contributed by atoms with Crippen molar-refractivity contribution in [1.82, 2.24) is 0 Å². The fourth-order valence-electron chi connectivity index (χ4n) is 3.80. The van der Waals surface area contributed by atoms with Gasteiger partial charge >= 0.3 is 58.3 Å². The van der Waals surface area contributed by atoms with E-state index in [9.17, 15) is 18.4 Å².